The van der Waals surface area contributed by atoms with Crippen LogP contribution >= 0.6 is 0 Å². The van der Waals surface area contributed by atoms with E-state index in [9.17, 15) is 0 Å². The highest BCUT2D eigenvalue weighted by molar-refractivity contribution is 5.72. The molecular weight excluding hydrogens is 292 g/mol. The summed E-state index contributed by atoms with van der Waals surface area (Å²) in [5.41, 5.74) is 1.26. The van der Waals surface area contributed by atoms with E-state index in [2.05, 4.69) is 22.0 Å². The molecule has 0 saturated carbocycles. The third-order valence-electron chi connectivity index (χ3n) is 4.25. The van der Waals surface area contributed by atoms with Crippen molar-refractivity contribution in [3.05, 3.63) is 36.8 Å². The molecule has 1 aliphatic rings. The van der Waals surface area contributed by atoms with Crippen LogP contribution in [0.4, 0.5) is 5.95 Å². The smallest absolute Gasteiger partial charge is 0.246 e. The van der Waals surface area contributed by atoms with Gasteiger partial charge in [-0.25, -0.2) is 4.98 Å². The predicted molar refractivity (Wildman–Crippen MR) is 85.8 cm³/mol. The molecule has 0 spiro atoms. The lowest BCUT2D eigenvalue weighted by Gasteiger charge is -2.30. The van der Waals surface area contributed by atoms with E-state index in [1.54, 1.807) is 12.5 Å². The minimum atomic E-state index is 0.596. The largest absolute Gasteiger partial charge is 0.463 e. The molecule has 0 N–H and O–H groups in total. The Hall–Kier alpha value is -2.63. The van der Waals surface area contributed by atoms with Crippen LogP contribution in [-0.2, 0) is 0 Å². The highest BCUT2D eigenvalue weighted by Gasteiger charge is 2.22. The summed E-state index contributed by atoms with van der Waals surface area (Å²) < 4.78 is 11.0. The summed E-state index contributed by atoms with van der Waals surface area (Å²) in [7, 11) is 0. The lowest BCUT2D eigenvalue weighted by molar-refractivity contribution is 0.433. The summed E-state index contributed by atoms with van der Waals surface area (Å²) in [4.78, 5) is 6.90. The molecule has 0 radical (unpaired) electrons. The molecule has 4 rings (SSSR count). The molecule has 0 bridgehead atoms. The average molecular weight is 310 g/mol. The van der Waals surface area contributed by atoms with Crippen molar-refractivity contribution in [3.63, 3.8) is 0 Å². The molecule has 6 heteroatoms. The summed E-state index contributed by atoms with van der Waals surface area (Å²) in [5.74, 6) is 2.71. The van der Waals surface area contributed by atoms with E-state index in [0.717, 1.165) is 31.8 Å². The fraction of sp³-hybridized carbons (Fsp3) is 0.353. The fourth-order valence-electron chi connectivity index (χ4n) is 2.82. The predicted octanol–water partition coefficient (Wildman–Crippen LogP) is 3.63. The van der Waals surface area contributed by atoms with Crippen LogP contribution in [0.1, 0.15) is 19.8 Å². The number of hydrogen-bond acceptors (Lipinski definition) is 6. The van der Waals surface area contributed by atoms with Crippen molar-refractivity contribution in [2.75, 3.05) is 18.0 Å². The maximum atomic E-state index is 5.53. The Labute approximate surface area is 134 Å². The maximum absolute atomic E-state index is 5.53. The van der Waals surface area contributed by atoms with Crippen molar-refractivity contribution in [3.8, 4) is 22.9 Å². The number of piperidine rings is 1. The molecule has 6 nitrogen and oxygen atoms in total. The summed E-state index contributed by atoms with van der Waals surface area (Å²) in [5, 5.41) is 8.68. The minimum Gasteiger partial charge on any atom is -0.463 e. The first-order valence-corrected chi connectivity index (χ1v) is 7.88. The number of rotatable bonds is 3. The van der Waals surface area contributed by atoms with Crippen LogP contribution in [0.25, 0.3) is 22.9 Å². The van der Waals surface area contributed by atoms with Gasteiger partial charge in [0.25, 0.3) is 0 Å². The van der Waals surface area contributed by atoms with Crippen molar-refractivity contribution in [2.24, 2.45) is 5.92 Å². The molecule has 1 saturated heterocycles. The van der Waals surface area contributed by atoms with Crippen LogP contribution in [0.5, 0.6) is 0 Å². The van der Waals surface area contributed by atoms with E-state index < -0.39 is 0 Å². The Morgan fingerprint density at radius 3 is 2.22 bits per heavy atom. The third-order valence-corrected chi connectivity index (χ3v) is 4.25. The van der Waals surface area contributed by atoms with Crippen molar-refractivity contribution in [2.45, 2.75) is 19.8 Å². The lowest BCUT2D eigenvalue weighted by Crippen LogP contribution is -2.34. The van der Waals surface area contributed by atoms with Crippen molar-refractivity contribution in [1.82, 2.24) is 15.2 Å². The van der Waals surface area contributed by atoms with Crippen LogP contribution in [0.2, 0.25) is 0 Å². The van der Waals surface area contributed by atoms with Gasteiger partial charge in [-0.1, -0.05) is 6.92 Å². The molecule has 0 aromatic carbocycles. The van der Waals surface area contributed by atoms with E-state index in [4.69, 9.17) is 13.8 Å². The summed E-state index contributed by atoms with van der Waals surface area (Å²) in [6.45, 7) is 4.20. The van der Waals surface area contributed by atoms with Gasteiger partial charge >= 0.3 is 0 Å². The van der Waals surface area contributed by atoms with Crippen LogP contribution in [0.3, 0.4) is 0 Å². The number of hydrogen-bond donors (Lipinski definition) is 0. The molecule has 23 heavy (non-hydrogen) atoms. The van der Waals surface area contributed by atoms with Crippen molar-refractivity contribution < 1.29 is 8.83 Å². The minimum absolute atomic E-state index is 0.596. The molecule has 3 aromatic rings. The van der Waals surface area contributed by atoms with E-state index in [1.165, 1.54) is 0 Å². The van der Waals surface area contributed by atoms with Gasteiger partial charge < -0.3 is 13.7 Å². The molecule has 1 fully saturated rings. The van der Waals surface area contributed by atoms with E-state index in [-0.39, 0.29) is 0 Å². The summed E-state index contributed by atoms with van der Waals surface area (Å²) in [6, 6.07) is 7.38. The van der Waals surface area contributed by atoms with Crippen LogP contribution < -0.4 is 4.90 Å². The Morgan fingerprint density at radius 1 is 0.957 bits per heavy atom. The van der Waals surface area contributed by atoms with Crippen LogP contribution in [0.15, 0.2) is 45.6 Å². The number of furan rings is 2. The Bertz CT molecular complexity index is 760. The van der Waals surface area contributed by atoms with Gasteiger partial charge in [-0.15, -0.1) is 10.2 Å². The SMILES string of the molecule is CC1CCN(c2nnc(-c3ccco3)c(-c3ccco3)n2)CC1. The van der Waals surface area contributed by atoms with Crippen LogP contribution in [-0.4, -0.2) is 28.3 Å². The van der Waals surface area contributed by atoms with Gasteiger partial charge in [0.15, 0.2) is 17.2 Å². The number of anilines is 1. The Kier molecular flexibility index (Phi) is 3.57. The average Bonchev–Trinajstić information content (AvgIpc) is 3.29. The molecule has 118 valence electrons. The number of aromatic nitrogens is 3. The fourth-order valence-corrected chi connectivity index (χ4v) is 2.82. The standard InChI is InChI=1S/C17H18N4O2/c1-12-6-8-21(9-7-12)17-18-15(13-4-2-10-22-13)16(19-20-17)14-5-3-11-23-14/h2-5,10-12H,6-9H2,1H3. The molecule has 0 aliphatic carbocycles. The Morgan fingerprint density at radius 2 is 1.61 bits per heavy atom. The van der Waals surface area contributed by atoms with Crippen molar-refractivity contribution >= 4 is 5.95 Å². The zero-order chi connectivity index (χ0) is 15.6. The highest BCUT2D eigenvalue weighted by atomic mass is 16.3. The lowest BCUT2D eigenvalue weighted by atomic mass is 10.00. The molecule has 1 aliphatic heterocycles. The monoisotopic (exact) mass is 310 g/mol. The van der Waals surface area contributed by atoms with Gasteiger partial charge in [0.05, 0.1) is 12.5 Å². The number of nitrogens with zero attached hydrogens (tertiary/aromatic N) is 4. The normalized spacial score (nSPS) is 16.0. The topological polar surface area (TPSA) is 68.2 Å². The van der Waals surface area contributed by atoms with Gasteiger partial charge in [0.2, 0.25) is 5.95 Å². The summed E-state index contributed by atoms with van der Waals surface area (Å²) >= 11 is 0. The molecule has 4 heterocycles. The van der Waals surface area contributed by atoms with Gasteiger partial charge in [0.1, 0.15) is 5.69 Å². The van der Waals surface area contributed by atoms with Crippen LogP contribution in [0, 0.1) is 5.92 Å². The summed E-state index contributed by atoms with van der Waals surface area (Å²) in [6.07, 6.45) is 5.55. The first-order valence-electron chi connectivity index (χ1n) is 7.88. The van der Waals surface area contributed by atoms with Gasteiger partial charge in [-0.3, -0.25) is 0 Å². The first kappa shape index (κ1) is 14.0. The third kappa shape index (κ3) is 2.72. The first-order chi connectivity index (χ1) is 11.3. The quantitative estimate of drug-likeness (QED) is 0.736. The molecular formula is C17H18N4O2. The van der Waals surface area contributed by atoms with E-state index in [0.29, 0.717) is 28.9 Å². The van der Waals surface area contributed by atoms with Gasteiger partial charge in [-0.05, 0) is 43.0 Å². The van der Waals surface area contributed by atoms with E-state index in [1.807, 2.05) is 24.3 Å². The van der Waals surface area contributed by atoms with Crippen molar-refractivity contribution in [1.29, 1.82) is 0 Å². The zero-order valence-corrected chi connectivity index (χ0v) is 13.0. The molecule has 0 atom stereocenters. The second-order valence-corrected chi connectivity index (χ2v) is 5.93. The van der Waals surface area contributed by atoms with E-state index >= 15 is 0 Å². The Balaban J connectivity index is 1.75. The highest BCUT2D eigenvalue weighted by Crippen LogP contribution is 2.30. The molecule has 0 unspecified atom stereocenters. The van der Waals surface area contributed by atoms with Gasteiger partial charge in [0, 0.05) is 13.1 Å². The van der Waals surface area contributed by atoms with Gasteiger partial charge in [-0.2, -0.15) is 0 Å². The second-order valence-electron chi connectivity index (χ2n) is 5.93. The maximum Gasteiger partial charge on any atom is 0.246 e. The zero-order valence-electron chi connectivity index (χ0n) is 13.0. The molecule has 3 aromatic heterocycles. The second kappa shape index (κ2) is 5.87. The molecule has 0 amide bonds.